The molecule has 0 fully saturated rings. The van der Waals surface area contributed by atoms with Crippen molar-refractivity contribution in [3.63, 3.8) is 0 Å². The van der Waals surface area contributed by atoms with Crippen molar-refractivity contribution in [2.75, 3.05) is 12.4 Å². The summed E-state index contributed by atoms with van der Waals surface area (Å²) in [7, 11) is 1.26. The first-order valence-corrected chi connectivity index (χ1v) is 6.44. The summed E-state index contributed by atoms with van der Waals surface area (Å²) in [4.78, 5) is 11.7. The number of nitrogens with one attached hydrogen (secondary N) is 1. The molecule has 1 N–H and O–H groups in total. The number of carbonyl (C=O) groups excluding carboxylic acids is 1. The van der Waals surface area contributed by atoms with Gasteiger partial charge in [-0.15, -0.1) is 0 Å². The zero-order valence-electron chi connectivity index (χ0n) is 11.1. The van der Waals surface area contributed by atoms with Gasteiger partial charge in [0.25, 0.3) is 0 Å². The van der Waals surface area contributed by atoms with E-state index in [-0.39, 0.29) is 17.7 Å². The standard InChI is InChI=1S/C15H12ClF2NO2/c1-21-15(20)12-6-10(16)3-5-14(12)19-8-9-2-4-11(17)7-13(9)18/h2-7,19H,8H2,1H3. The van der Waals surface area contributed by atoms with Gasteiger partial charge in [-0.1, -0.05) is 17.7 Å². The highest BCUT2D eigenvalue weighted by molar-refractivity contribution is 6.31. The average Bonchev–Trinajstić information content (AvgIpc) is 2.46. The summed E-state index contributed by atoms with van der Waals surface area (Å²) in [6, 6.07) is 7.96. The molecule has 0 aliphatic heterocycles. The largest absolute Gasteiger partial charge is 0.465 e. The molecule has 0 aliphatic carbocycles. The van der Waals surface area contributed by atoms with Gasteiger partial charge in [0.05, 0.1) is 12.7 Å². The van der Waals surface area contributed by atoms with Crippen LogP contribution in [0.5, 0.6) is 0 Å². The summed E-state index contributed by atoms with van der Waals surface area (Å²) < 4.78 is 31.0. The van der Waals surface area contributed by atoms with E-state index >= 15 is 0 Å². The summed E-state index contributed by atoms with van der Waals surface area (Å²) in [5.41, 5.74) is 0.977. The fourth-order valence-corrected chi connectivity index (χ4v) is 1.98. The number of anilines is 1. The lowest BCUT2D eigenvalue weighted by atomic mass is 10.1. The van der Waals surface area contributed by atoms with Gasteiger partial charge < -0.3 is 10.1 Å². The Bertz CT molecular complexity index is 677. The summed E-state index contributed by atoms with van der Waals surface area (Å²) in [5.74, 6) is -1.85. The Morgan fingerprint density at radius 2 is 2.00 bits per heavy atom. The predicted octanol–water partition coefficient (Wildman–Crippen LogP) is 4.02. The first kappa shape index (κ1) is 15.3. The lowest BCUT2D eigenvalue weighted by molar-refractivity contribution is 0.0602. The first-order valence-electron chi connectivity index (χ1n) is 6.07. The van der Waals surface area contributed by atoms with E-state index in [1.165, 1.54) is 25.3 Å². The van der Waals surface area contributed by atoms with E-state index in [1.54, 1.807) is 12.1 Å². The van der Waals surface area contributed by atoms with Crippen LogP contribution in [0.25, 0.3) is 0 Å². The summed E-state index contributed by atoms with van der Waals surface area (Å²) in [6.07, 6.45) is 0. The highest BCUT2D eigenvalue weighted by Gasteiger charge is 2.13. The molecule has 2 aromatic rings. The van der Waals surface area contributed by atoms with Crippen molar-refractivity contribution in [1.82, 2.24) is 0 Å². The molecule has 0 aromatic heterocycles. The van der Waals surface area contributed by atoms with Crippen molar-refractivity contribution in [2.24, 2.45) is 0 Å². The van der Waals surface area contributed by atoms with E-state index < -0.39 is 17.6 Å². The molecule has 0 aliphatic rings. The lowest BCUT2D eigenvalue weighted by Crippen LogP contribution is -2.09. The molecule has 21 heavy (non-hydrogen) atoms. The van der Waals surface area contributed by atoms with Crippen LogP contribution < -0.4 is 5.32 Å². The first-order chi connectivity index (χ1) is 10.0. The molecule has 2 rings (SSSR count). The molecule has 0 unspecified atom stereocenters. The molecule has 0 saturated carbocycles. The van der Waals surface area contributed by atoms with Gasteiger partial charge in [0.15, 0.2) is 0 Å². The van der Waals surface area contributed by atoms with Crippen LogP contribution in [-0.2, 0) is 11.3 Å². The molecule has 6 heteroatoms. The topological polar surface area (TPSA) is 38.3 Å². The van der Waals surface area contributed by atoms with Crippen molar-refractivity contribution < 1.29 is 18.3 Å². The lowest BCUT2D eigenvalue weighted by Gasteiger charge is -2.11. The fourth-order valence-electron chi connectivity index (χ4n) is 1.80. The number of rotatable bonds is 4. The van der Waals surface area contributed by atoms with E-state index in [2.05, 4.69) is 10.1 Å². The molecule has 0 heterocycles. The number of methoxy groups -OCH3 is 1. The smallest absolute Gasteiger partial charge is 0.340 e. The number of hydrogen-bond acceptors (Lipinski definition) is 3. The number of benzene rings is 2. The third kappa shape index (κ3) is 3.70. The van der Waals surface area contributed by atoms with Crippen molar-refractivity contribution >= 4 is 23.3 Å². The summed E-state index contributed by atoms with van der Waals surface area (Å²) in [6.45, 7) is 0.0950. The number of hydrogen-bond donors (Lipinski definition) is 1. The van der Waals surface area contributed by atoms with E-state index in [4.69, 9.17) is 11.6 Å². The second-order valence-corrected chi connectivity index (χ2v) is 4.71. The van der Waals surface area contributed by atoms with Gasteiger partial charge >= 0.3 is 5.97 Å². The summed E-state index contributed by atoms with van der Waals surface area (Å²) in [5, 5.41) is 3.29. The molecule has 0 bridgehead atoms. The minimum absolute atomic E-state index is 0.0950. The maximum Gasteiger partial charge on any atom is 0.340 e. The van der Waals surface area contributed by atoms with Crippen LogP contribution in [0.15, 0.2) is 36.4 Å². The Hall–Kier alpha value is -2.14. The van der Waals surface area contributed by atoms with Crippen LogP contribution in [0.3, 0.4) is 0 Å². The molecule has 3 nitrogen and oxygen atoms in total. The van der Waals surface area contributed by atoms with Crippen LogP contribution in [0, 0.1) is 11.6 Å². The Labute approximate surface area is 125 Å². The highest BCUT2D eigenvalue weighted by Crippen LogP contribution is 2.22. The Kier molecular flexibility index (Phi) is 4.75. The van der Waals surface area contributed by atoms with Gasteiger partial charge in [-0.2, -0.15) is 0 Å². The minimum atomic E-state index is -0.656. The van der Waals surface area contributed by atoms with Gasteiger partial charge in [0.2, 0.25) is 0 Å². The molecular formula is C15H12ClF2NO2. The number of esters is 1. The van der Waals surface area contributed by atoms with Gasteiger partial charge in [-0.3, -0.25) is 0 Å². The van der Waals surface area contributed by atoms with Crippen molar-refractivity contribution in [2.45, 2.75) is 6.54 Å². The quantitative estimate of drug-likeness (QED) is 0.867. The molecule has 0 radical (unpaired) electrons. The van der Waals surface area contributed by atoms with Crippen LogP contribution in [0.2, 0.25) is 5.02 Å². The zero-order valence-corrected chi connectivity index (χ0v) is 11.9. The van der Waals surface area contributed by atoms with Crippen LogP contribution in [0.4, 0.5) is 14.5 Å². The second-order valence-electron chi connectivity index (χ2n) is 4.27. The maximum atomic E-state index is 13.5. The van der Waals surface area contributed by atoms with E-state index in [9.17, 15) is 13.6 Å². The van der Waals surface area contributed by atoms with Gasteiger partial charge in [-0.05, 0) is 24.3 Å². The van der Waals surface area contributed by atoms with E-state index in [0.29, 0.717) is 10.7 Å². The number of halogens is 3. The molecule has 0 amide bonds. The molecule has 0 atom stereocenters. The highest BCUT2D eigenvalue weighted by atomic mass is 35.5. The van der Waals surface area contributed by atoms with Crippen molar-refractivity contribution in [1.29, 1.82) is 0 Å². The van der Waals surface area contributed by atoms with Gasteiger partial charge in [-0.25, -0.2) is 13.6 Å². The Morgan fingerprint density at radius 1 is 1.24 bits per heavy atom. The molecule has 110 valence electrons. The third-order valence-electron chi connectivity index (χ3n) is 2.87. The molecule has 0 spiro atoms. The SMILES string of the molecule is COC(=O)c1cc(Cl)ccc1NCc1ccc(F)cc1F. The minimum Gasteiger partial charge on any atom is -0.465 e. The van der Waals surface area contributed by atoms with Crippen LogP contribution in [-0.4, -0.2) is 13.1 Å². The van der Waals surface area contributed by atoms with Crippen LogP contribution >= 0.6 is 11.6 Å². The number of carbonyl (C=O) groups is 1. The molecular weight excluding hydrogens is 300 g/mol. The Morgan fingerprint density at radius 3 is 2.67 bits per heavy atom. The normalized spacial score (nSPS) is 10.3. The number of ether oxygens (including phenoxy) is 1. The van der Waals surface area contributed by atoms with Gasteiger partial charge in [0, 0.05) is 28.9 Å². The van der Waals surface area contributed by atoms with Crippen LogP contribution in [0.1, 0.15) is 15.9 Å². The van der Waals surface area contributed by atoms with Crippen molar-refractivity contribution in [3.05, 3.63) is 64.2 Å². The van der Waals surface area contributed by atoms with Gasteiger partial charge in [0.1, 0.15) is 11.6 Å². The maximum absolute atomic E-state index is 13.5. The van der Waals surface area contributed by atoms with Crippen molar-refractivity contribution in [3.8, 4) is 0 Å². The Balaban J connectivity index is 2.21. The zero-order chi connectivity index (χ0) is 15.4. The predicted molar refractivity (Wildman–Crippen MR) is 76.5 cm³/mol. The summed E-state index contributed by atoms with van der Waals surface area (Å²) >= 11 is 5.84. The average molecular weight is 312 g/mol. The molecule has 2 aromatic carbocycles. The second kappa shape index (κ2) is 6.54. The third-order valence-corrected chi connectivity index (χ3v) is 3.11. The van der Waals surface area contributed by atoms with E-state index in [0.717, 1.165) is 6.07 Å². The fraction of sp³-hybridized carbons (Fsp3) is 0.133. The van der Waals surface area contributed by atoms with E-state index in [1.807, 2.05) is 0 Å². The monoisotopic (exact) mass is 311 g/mol. The molecule has 0 saturated heterocycles.